The lowest BCUT2D eigenvalue weighted by Crippen LogP contribution is -2.10. The van der Waals surface area contributed by atoms with E-state index >= 15 is 0 Å². The van der Waals surface area contributed by atoms with E-state index in [0.29, 0.717) is 0 Å². The van der Waals surface area contributed by atoms with Crippen LogP contribution < -0.4 is 4.90 Å². The molecule has 2 nitrogen and oxygen atoms in total. The van der Waals surface area contributed by atoms with E-state index in [9.17, 15) is 0 Å². The van der Waals surface area contributed by atoms with Crippen LogP contribution in [0.25, 0.3) is 55.3 Å². The summed E-state index contributed by atoms with van der Waals surface area (Å²) in [4.78, 5) is 2.33. The lowest BCUT2D eigenvalue weighted by molar-refractivity contribution is 0.669. The second-order valence-electron chi connectivity index (χ2n) is 11.0. The van der Waals surface area contributed by atoms with Gasteiger partial charge in [-0.25, -0.2) is 0 Å². The van der Waals surface area contributed by atoms with Crippen molar-refractivity contribution in [1.82, 2.24) is 0 Å². The molecule has 8 rings (SSSR count). The molecule has 0 fully saturated rings. The van der Waals surface area contributed by atoms with Crippen LogP contribution in [-0.4, -0.2) is 0 Å². The Morgan fingerprint density at radius 3 is 1.48 bits per heavy atom. The van der Waals surface area contributed by atoms with E-state index in [1.54, 1.807) is 0 Å². The van der Waals surface area contributed by atoms with Crippen LogP contribution >= 0.6 is 0 Å². The van der Waals surface area contributed by atoms with Gasteiger partial charge >= 0.3 is 0 Å². The van der Waals surface area contributed by atoms with E-state index in [0.717, 1.165) is 50.1 Å². The molecule has 0 unspecified atom stereocenters. The van der Waals surface area contributed by atoms with E-state index in [1.807, 2.05) is 12.1 Å². The van der Waals surface area contributed by atoms with Crippen LogP contribution in [0.2, 0.25) is 0 Å². The molecule has 7 aromatic carbocycles. The maximum atomic E-state index is 6.22. The minimum atomic E-state index is 0.902. The molecular weight excluding hydrogens is 534 g/mol. The summed E-state index contributed by atoms with van der Waals surface area (Å²) >= 11 is 0. The summed E-state index contributed by atoms with van der Waals surface area (Å²) in [6.07, 6.45) is 0. The first-order valence-corrected chi connectivity index (χ1v) is 14.9. The fraction of sp³-hybridized carbons (Fsp3) is 0. The molecule has 0 N–H and O–H groups in total. The van der Waals surface area contributed by atoms with Crippen molar-refractivity contribution in [2.45, 2.75) is 0 Å². The molecule has 8 aromatic rings. The Bertz CT molecular complexity index is 2110. The predicted octanol–water partition coefficient (Wildman–Crippen LogP) is 12.1. The maximum Gasteiger partial charge on any atom is 0.136 e. The third kappa shape index (κ3) is 4.73. The van der Waals surface area contributed by atoms with E-state index in [-0.39, 0.29) is 0 Å². The van der Waals surface area contributed by atoms with Gasteiger partial charge < -0.3 is 9.32 Å². The predicted molar refractivity (Wildman–Crippen MR) is 185 cm³/mol. The molecule has 0 bridgehead atoms. The first kappa shape index (κ1) is 25.8. The second-order valence-corrected chi connectivity index (χ2v) is 11.0. The second kappa shape index (κ2) is 11.1. The zero-order valence-electron chi connectivity index (χ0n) is 24.1. The van der Waals surface area contributed by atoms with Crippen LogP contribution in [0, 0.1) is 0 Å². The Labute approximate surface area is 257 Å². The molecule has 0 radical (unpaired) electrons. The number of para-hydroxylation sites is 1. The monoisotopic (exact) mass is 563 g/mol. The number of furan rings is 1. The molecular formula is C42H29NO. The van der Waals surface area contributed by atoms with Crippen LogP contribution in [-0.2, 0) is 0 Å². The van der Waals surface area contributed by atoms with Crippen molar-refractivity contribution in [2.75, 3.05) is 4.90 Å². The number of nitrogens with zero attached hydrogens (tertiary/aromatic N) is 1. The molecule has 2 heteroatoms. The summed E-state index contributed by atoms with van der Waals surface area (Å²) in [5, 5.41) is 2.28. The van der Waals surface area contributed by atoms with Gasteiger partial charge in [-0.2, -0.15) is 0 Å². The van der Waals surface area contributed by atoms with Gasteiger partial charge in [-0.3, -0.25) is 0 Å². The highest BCUT2D eigenvalue weighted by Gasteiger charge is 2.16. The quantitative estimate of drug-likeness (QED) is 0.200. The molecule has 208 valence electrons. The first-order chi connectivity index (χ1) is 21.8. The third-order valence-electron chi connectivity index (χ3n) is 8.28. The topological polar surface area (TPSA) is 16.4 Å². The summed E-state index contributed by atoms with van der Waals surface area (Å²) in [5.74, 6) is 0. The lowest BCUT2D eigenvalue weighted by Gasteiger charge is -2.26. The van der Waals surface area contributed by atoms with E-state index in [1.165, 1.54) is 22.3 Å². The average Bonchev–Trinajstić information content (AvgIpc) is 3.49. The highest BCUT2D eigenvalue weighted by Crippen LogP contribution is 2.41. The first-order valence-electron chi connectivity index (χ1n) is 14.9. The Morgan fingerprint density at radius 2 is 0.841 bits per heavy atom. The molecule has 1 heterocycles. The van der Waals surface area contributed by atoms with Crippen LogP contribution in [0.15, 0.2) is 180 Å². The molecule has 0 atom stereocenters. The third-order valence-corrected chi connectivity index (χ3v) is 8.28. The van der Waals surface area contributed by atoms with Crippen molar-refractivity contribution >= 4 is 39.0 Å². The number of benzene rings is 7. The van der Waals surface area contributed by atoms with Gasteiger partial charge in [0.05, 0.1) is 0 Å². The fourth-order valence-corrected chi connectivity index (χ4v) is 6.14. The van der Waals surface area contributed by atoms with Crippen molar-refractivity contribution in [3.8, 4) is 33.4 Å². The number of hydrogen-bond acceptors (Lipinski definition) is 2. The van der Waals surface area contributed by atoms with Gasteiger partial charge in [-0.05, 0) is 81.9 Å². The molecule has 0 aliphatic carbocycles. The maximum absolute atomic E-state index is 6.22. The lowest BCUT2D eigenvalue weighted by atomic mass is 9.98. The molecule has 0 spiro atoms. The fourth-order valence-electron chi connectivity index (χ4n) is 6.14. The smallest absolute Gasteiger partial charge is 0.136 e. The number of anilines is 3. The Morgan fingerprint density at radius 1 is 0.341 bits per heavy atom. The molecule has 0 saturated carbocycles. The van der Waals surface area contributed by atoms with Gasteiger partial charge in [0, 0.05) is 27.8 Å². The van der Waals surface area contributed by atoms with E-state index in [4.69, 9.17) is 4.42 Å². The standard InChI is InChI=1S/C42H29NO/c1-3-11-30(12-4-1)32-21-25-35(26-22-32)43(36-27-23-33(24-28-36)31-13-5-2-6-14-31)37-16-9-15-34(29-37)38-18-10-20-41-42(38)39-17-7-8-19-40(39)44-41/h1-29H. The van der Waals surface area contributed by atoms with Crippen molar-refractivity contribution in [3.63, 3.8) is 0 Å². The normalized spacial score (nSPS) is 11.2. The Balaban J connectivity index is 1.25. The van der Waals surface area contributed by atoms with Gasteiger partial charge in [0.25, 0.3) is 0 Å². The van der Waals surface area contributed by atoms with Crippen LogP contribution in [0.5, 0.6) is 0 Å². The molecule has 0 amide bonds. The van der Waals surface area contributed by atoms with Crippen molar-refractivity contribution in [2.24, 2.45) is 0 Å². The summed E-state index contributed by atoms with van der Waals surface area (Å²) < 4.78 is 6.22. The SMILES string of the molecule is c1ccc(-c2ccc(N(c3ccc(-c4ccccc4)cc3)c3cccc(-c4cccc5oc6ccccc6c45)c3)cc2)cc1. The van der Waals surface area contributed by atoms with Crippen LogP contribution in [0.1, 0.15) is 0 Å². The van der Waals surface area contributed by atoms with Gasteiger partial charge in [0.2, 0.25) is 0 Å². The Hall–Kier alpha value is -5.86. The zero-order chi connectivity index (χ0) is 29.3. The average molecular weight is 564 g/mol. The summed E-state index contributed by atoms with van der Waals surface area (Å²) in [5.41, 5.74) is 12.2. The van der Waals surface area contributed by atoms with Gasteiger partial charge in [0.1, 0.15) is 11.2 Å². The summed E-state index contributed by atoms with van der Waals surface area (Å²) in [6.45, 7) is 0. The molecule has 44 heavy (non-hydrogen) atoms. The van der Waals surface area contributed by atoms with Crippen LogP contribution in [0.3, 0.4) is 0 Å². The van der Waals surface area contributed by atoms with Crippen molar-refractivity contribution in [3.05, 3.63) is 176 Å². The summed E-state index contributed by atoms with van der Waals surface area (Å²) in [7, 11) is 0. The molecule has 1 aromatic heterocycles. The molecule has 0 aliphatic heterocycles. The Kier molecular flexibility index (Phi) is 6.51. The summed E-state index contributed by atoms with van der Waals surface area (Å²) in [6, 6.07) is 62.1. The van der Waals surface area contributed by atoms with Gasteiger partial charge in [0.15, 0.2) is 0 Å². The van der Waals surface area contributed by atoms with Crippen LogP contribution in [0.4, 0.5) is 17.1 Å². The minimum Gasteiger partial charge on any atom is -0.456 e. The van der Waals surface area contributed by atoms with Gasteiger partial charge in [-0.15, -0.1) is 0 Å². The molecule has 0 aliphatic rings. The van der Waals surface area contributed by atoms with E-state index in [2.05, 4.69) is 169 Å². The molecule has 0 saturated heterocycles. The van der Waals surface area contributed by atoms with Gasteiger partial charge in [-0.1, -0.05) is 127 Å². The minimum absolute atomic E-state index is 0.902. The zero-order valence-corrected chi connectivity index (χ0v) is 24.1. The van der Waals surface area contributed by atoms with Crippen molar-refractivity contribution < 1.29 is 4.42 Å². The number of hydrogen-bond donors (Lipinski definition) is 0. The van der Waals surface area contributed by atoms with E-state index < -0.39 is 0 Å². The number of rotatable bonds is 6. The largest absolute Gasteiger partial charge is 0.456 e. The number of fused-ring (bicyclic) bond motifs is 3. The van der Waals surface area contributed by atoms with Crippen molar-refractivity contribution in [1.29, 1.82) is 0 Å². The highest BCUT2D eigenvalue weighted by atomic mass is 16.3. The highest BCUT2D eigenvalue weighted by molar-refractivity contribution is 6.12.